The second kappa shape index (κ2) is 6.20. The summed E-state index contributed by atoms with van der Waals surface area (Å²) in [5.74, 6) is -0.0861. The van der Waals surface area contributed by atoms with Crippen molar-refractivity contribution in [3.63, 3.8) is 0 Å². The average Bonchev–Trinajstić information content (AvgIpc) is 2.85. The van der Waals surface area contributed by atoms with E-state index in [9.17, 15) is 4.79 Å². The van der Waals surface area contributed by atoms with Crippen molar-refractivity contribution in [2.45, 2.75) is 6.92 Å². The molecule has 1 aliphatic rings. The molecule has 0 spiro atoms. The van der Waals surface area contributed by atoms with Crippen LogP contribution in [-0.4, -0.2) is 17.3 Å². The monoisotopic (exact) mass is 308 g/mol. The zero-order chi connectivity index (χ0) is 15.5. The molecule has 0 bridgehead atoms. The Balaban J connectivity index is 1.97. The maximum Gasteiger partial charge on any atom is 0.283 e. The summed E-state index contributed by atoms with van der Waals surface area (Å²) in [6.45, 7) is 2.03. The summed E-state index contributed by atoms with van der Waals surface area (Å²) in [5.41, 5.74) is 3.45. The number of thioether (sulfide) groups is 1. The summed E-state index contributed by atoms with van der Waals surface area (Å²) in [5, 5.41) is 0.705. The van der Waals surface area contributed by atoms with Crippen molar-refractivity contribution in [2.24, 2.45) is 4.99 Å². The quantitative estimate of drug-likeness (QED) is 0.782. The molecule has 3 nitrogen and oxygen atoms in total. The van der Waals surface area contributed by atoms with Crippen LogP contribution in [0.4, 0.5) is 5.69 Å². The SMILES string of the molecule is CSC1=N/C(=C/c2ccccc2)C(=O)N1c1ccc(C)cc1. The van der Waals surface area contributed by atoms with Crippen LogP contribution in [-0.2, 0) is 4.79 Å². The molecule has 4 heteroatoms. The van der Waals surface area contributed by atoms with E-state index in [0.29, 0.717) is 10.9 Å². The molecular weight excluding hydrogens is 292 g/mol. The third kappa shape index (κ3) is 2.83. The minimum absolute atomic E-state index is 0.0861. The third-order valence-corrected chi connectivity index (χ3v) is 4.05. The molecule has 110 valence electrons. The van der Waals surface area contributed by atoms with E-state index in [1.165, 1.54) is 11.8 Å². The number of amidine groups is 1. The van der Waals surface area contributed by atoms with Crippen molar-refractivity contribution in [1.29, 1.82) is 0 Å². The van der Waals surface area contributed by atoms with Crippen molar-refractivity contribution < 1.29 is 4.79 Å². The summed E-state index contributed by atoms with van der Waals surface area (Å²) >= 11 is 1.47. The lowest BCUT2D eigenvalue weighted by atomic mass is 10.2. The Morgan fingerprint density at radius 2 is 1.73 bits per heavy atom. The van der Waals surface area contributed by atoms with Gasteiger partial charge in [0.25, 0.3) is 5.91 Å². The zero-order valence-electron chi connectivity index (χ0n) is 12.5. The first-order valence-corrected chi connectivity index (χ1v) is 8.22. The highest BCUT2D eigenvalue weighted by atomic mass is 32.2. The van der Waals surface area contributed by atoms with Gasteiger partial charge in [-0.2, -0.15) is 0 Å². The third-order valence-electron chi connectivity index (χ3n) is 3.41. The molecule has 2 aromatic rings. The van der Waals surface area contributed by atoms with Gasteiger partial charge in [-0.3, -0.25) is 9.69 Å². The van der Waals surface area contributed by atoms with E-state index in [1.807, 2.05) is 73.9 Å². The Kier molecular flexibility index (Phi) is 4.11. The molecule has 2 aromatic carbocycles. The van der Waals surface area contributed by atoms with E-state index < -0.39 is 0 Å². The minimum Gasteiger partial charge on any atom is -0.266 e. The van der Waals surface area contributed by atoms with E-state index >= 15 is 0 Å². The fourth-order valence-corrected chi connectivity index (χ4v) is 2.82. The highest BCUT2D eigenvalue weighted by Gasteiger charge is 2.30. The van der Waals surface area contributed by atoms with Crippen molar-refractivity contribution in [2.75, 3.05) is 11.2 Å². The van der Waals surface area contributed by atoms with Gasteiger partial charge >= 0.3 is 0 Å². The normalized spacial score (nSPS) is 16.3. The molecule has 3 rings (SSSR count). The number of rotatable bonds is 2. The average molecular weight is 308 g/mol. The largest absolute Gasteiger partial charge is 0.283 e. The van der Waals surface area contributed by atoms with Crippen LogP contribution >= 0.6 is 11.8 Å². The van der Waals surface area contributed by atoms with Gasteiger partial charge in [0, 0.05) is 0 Å². The summed E-state index contributed by atoms with van der Waals surface area (Å²) in [4.78, 5) is 18.8. The molecule has 22 heavy (non-hydrogen) atoms. The van der Waals surface area contributed by atoms with Gasteiger partial charge in [-0.25, -0.2) is 4.99 Å². The molecule has 0 aliphatic carbocycles. The molecule has 0 atom stereocenters. The molecule has 0 N–H and O–H groups in total. The van der Waals surface area contributed by atoms with Crippen molar-refractivity contribution in [3.05, 3.63) is 71.4 Å². The van der Waals surface area contributed by atoms with Crippen LogP contribution < -0.4 is 4.90 Å². The standard InChI is InChI=1S/C18H16N2OS/c1-13-8-10-15(11-9-13)20-17(21)16(19-18(20)22-2)12-14-6-4-3-5-7-14/h3-12H,1-2H3/b16-12+. The van der Waals surface area contributed by atoms with Crippen molar-refractivity contribution in [1.82, 2.24) is 0 Å². The first-order chi connectivity index (χ1) is 10.7. The second-order valence-corrected chi connectivity index (χ2v) is 5.79. The van der Waals surface area contributed by atoms with Crippen LogP contribution in [0.15, 0.2) is 65.3 Å². The number of amides is 1. The Labute approximate surface area is 134 Å². The van der Waals surface area contributed by atoms with Crippen LogP contribution in [0.2, 0.25) is 0 Å². The van der Waals surface area contributed by atoms with Crippen LogP contribution in [0, 0.1) is 6.92 Å². The van der Waals surface area contributed by atoms with E-state index in [2.05, 4.69) is 4.99 Å². The van der Waals surface area contributed by atoms with Gasteiger partial charge in [0.1, 0.15) is 5.70 Å². The van der Waals surface area contributed by atoms with Gasteiger partial charge in [-0.05, 0) is 37.0 Å². The lowest BCUT2D eigenvalue weighted by Crippen LogP contribution is -2.29. The summed E-state index contributed by atoms with van der Waals surface area (Å²) in [6.07, 6.45) is 3.76. The highest BCUT2D eigenvalue weighted by molar-refractivity contribution is 8.13. The molecule has 0 unspecified atom stereocenters. The van der Waals surface area contributed by atoms with Gasteiger partial charge < -0.3 is 0 Å². The van der Waals surface area contributed by atoms with Gasteiger partial charge in [0.15, 0.2) is 5.17 Å². The fraction of sp³-hybridized carbons (Fsp3) is 0.111. The Morgan fingerprint density at radius 1 is 1.05 bits per heavy atom. The fourth-order valence-electron chi connectivity index (χ4n) is 2.26. The topological polar surface area (TPSA) is 32.7 Å². The number of carbonyl (C=O) groups is 1. The van der Waals surface area contributed by atoms with Gasteiger partial charge in [-0.1, -0.05) is 59.8 Å². The molecule has 0 aromatic heterocycles. The molecule has 1 amide bonds. The van der Waals surface area contributed by atoms with Crippen molar-refractivity contribution >= 4 is 34.6 Å². The molecule has 1 heterocycles. The minimum atomic E-state index is -0.0861. The maximum atomic E-state index is 12.7. The number of benzene rings is 2. The van der Waals surface area contributed by atoms with E-state index in [1.54, 1.807) is 4.90 Å². The first-order valence-electron chi connectivity index (χ1n) is 6.99. The smallest absolute Gasteiger partial charge is 0.266 e. The second-order valence-electron chi connectivity index (χ2n) is 5.01. The summed E-state index contributed by atoms with van der Waals surface area (Å²) < 4.78 is 0. The van der Waals surface area contributed by atoms with Gasteiger partial charge in [-0.15, -0.1) is 0 Å². The number of anilines is 1. The Morgan fingerprint density at radius 3 is 2.36 bits per heavy atom. The van der Waals surface area contributed by atoms with Crippen LogP contribution in [0.1, 0.15) is 11.1 Å². The molecule has 0 saturated carbocycles. The first kappa shape index (κ1) is 14.6. The Hall–Kier alpha value is -2.33. The summed E-state index contributed by atoms with van der Waals surface area (Å²) in [7, 11) is 0. The van der Waals surface area contributed by atoms with Crippen LogP contribution in [0.3, 0.4) is 0 Å². The number of aliphatic imine (C=N–C) groups is 1. The number of nitrogens with zero attached hydrogens (tertiary/aromatic N) is 2. The van der Waals surface area contributed by atoms with E-state index in [4.69, 9.17) is 0 Å². The predicted octanol–water partition coefficient (Wildman–Crippen LogP) is 4.10. The lowest BCUT2D eigenvalue weighted by molar-refractivity contribution is -0.113. The van der Waals surface area contributed by atoms with Gasteiger partial charge in [0.05, 0.1) is 5.69 Å². The molecular formula is C18H16N2OS. The predicted molar refractivity (Wildman–Crippen MR) is 94.0 cm³/mol. The molecule has 1 aliphatic heterocycles. The summed E-state index contributed by atoms with van der Waals surface area (Å²) in [6, 6.07) is 17.7. The lowest BCUT2D eigenvalue weighted by Gasteiger charge is -2.16. The van der Waals surface area contributed by atoms with Crippen LogP contribution in [0.25, 0.3) is 6.08 Å². The highest BCUT2D eigenvalue weighted by Crippen LogP contribution is 2.28. The zero-order valence-corrected chi connectivity index (χ0v) is 13.3. The number of aryl methyl sites for hydroxylation is 1. The molecule has 0 saturated heterocycles. The maximum absolute atomic E-state index is 12.7. The van der Waals surface area contributed by atoms with E-state index in [0.717, 1.165) is 16.8 Å². The number of carbonyl (C=O) groups excluding carboxylic acids is 1. The molecule has 0 radical (unpaired) electrons. The Bertz CT molecular complexity index is 748. The van der Waals surface area contributed by atoms with Gasteiger partial charge in [0.2, 0.25) is 0 Å². The van der Waals surface area contributed by atoms with E-state index in [-0.39, 0.29) is 5.91 Å². The number of hydrogen-bond acceptors (Lipinski definition) is 3. The number of hydrogen-bond donors (Lipinski definition) is 0. The van der Waals surface area contributed by atoms with Crippen LogP contribution in [0.5, 0.6) is 0 Å². The van der Waals surface area contributed by atoms with Crippen molar-refractivity contribution in [3.8, 4) is 0 Å². The molecule has 0 fully saturated rings.